The topological polar surface area (TPSA) is 8.81 Å². The van der Waals surface area contributed by atoms with Crippen LogP contribution in [0.25, 0.3) is 11.0 Å². The summed E-state index contributed by atoms with van der Waals surface area (Å²) in [6.45, 7) is 3.81. The Labute approximate surface area is 163 Å². The Morgan fingerprint density at radius 1 is 0.769 bits per heavy atom. The van der Waals surface area contributed by atoms with E-state index in [0.717, 1.165) is 23.1 Å². The molecule has 0 saturated heterocycles. The molecule has 0 atom stereocenters. The first kappa shape index (κ1) is 17.1. The summed E-state index contributed by atoms with van der Waals surface area (Å²) in [5.41, 5.74) is 4.93. The second kappa shape index (κ2) is 7.14. The molecule has 0 fully saturated rings. The van der Waals surface area contributed by atoms with Crippen LogP contribution in [0.1, 0.15) is 17.0 Å². The SMILES string of the molecule is Cc1n(Cc2ccc(Cl)cc2)c2ccccc2[n+]1Cc1ccc(Cl)cc1. The van der Waals surface area contributed by atoms with Gasteiger partial charge in [0.2, 0.25) is 0 Å². The Hall–Kier alpha value is -2.29. The largest absolute Gasteiger partial charge is 0.254 e. The van der Waals surface area contributed by atoms with Gasteiger partial charge in [-0.1, -0.05) is 59.6 Å². The number of halogens is 2. The highest BCUT2D eigenvalue weighted by Crippen LogP contribution is 2.19. The lowest BCUT2D eigenvalue weighted by Crippen LogP contribution is -2.37. The summed E-state index contributed by atoms with van der Waals surface area (Å²) >= 11 is 12.1. The van der Waals surface area contributed by atoms with E-state index in [1.54, 1.807) is 0 Å². The summed E-state index contributed by atoms with van der Waals surface area (Å²) < 4.78 is 4.71. The van der Waals surface area contributed by atoms with E-state index in [4.69, 9.17) is 23.2 Å². The predicted octanol–water partition coefficient (Wildman–Crippen LogP) is 5.64. The molecule has 0 aliphatic carbocycles. The maximum Gasteiger partial charge on any atom is 0.254 e. The Bertz CT molecular complexity index is 964. The average Bonchev–Trinajstić information content (AvgIpc) is 2.91. The Balaban J connectivity index is 1.77. The summed E-state index contributed by atoms with van der Waals surface area (Å²) in [5.74, 6) is 1.22. The highest BCUT2D eigenvalue weighted by atomic mass is 35.5. The van der Waals surface area contributed by atoms with E-state index >= 15 is 0 Å². The Kier molecular flexibility index (Phi) is 4.71. The molecule has 4 aromatic rings. The standard InChI is InChI=1S/C22H19Cl2N2/c1-16-25(14-17-6-10-19(23)11-7-17)21-4-2-3-5-22(21)26(16)15-18-8-12-20(24)13-9-18/h2-13H,14-15H2,1H3/q+1. The summed E-state index contributed by atoms with van der Waals surface area (Å²) in [4.78, 5) is 0. The van der Waals surface area contributed by atoms with Crippen molar-refractivity contribution in [2.24, 2.45) is 0 Å². The van der Waals surface area contributed by atoms with E-state index in [9.17, 15) is 0 Å². The van der Waals surface area contributed by atoms with Crippen molar-refractivity contribution >= 4 is 34.2 Å². The van der Waals surface area contributed by atoms with Crippen LogP contribution in [0.4, 0.5) is 0 Å². The third kappa shape index (κ3) is 3.35. The first-order valence-electron chi connectivity index (χ1n) is 8.58. The second-order valence-corrected chi connectivity index (χ2v) is 7.33. The normalized spacial score (nSPS) is 11.2. The lowest BCUT2D eigenvalue weighted by molar-refractivity contribution is -0.669. The molecule has 0 unspecified atom stereocenters. The van der Waals surface area contributed by atoms with Gasteiger partial charge in [-0.2, -0.15) is 0 Å². The number of para-hydroxylation sites is 2. The van der Waals surface area contributed by atoms with Gasteiger partial charge in [-0.25, -0.2) is 9.13 Å². The number of benzene rings is 3. The highest BCUT2D eigenvalue weighted by Gasteiger charge is 2.21. The smallest absolute Gasteiger partial charge is 0.223 e. The predicted molar refractivity (Wildman–Crippen MR) is 108 cm³/mol. The molecule has 4 rings (SSSR count). The molecule has 2 nitrogen and oxygen atoms in total. The summed E-state index contributed by atoms with van der Waals surface area (Å²) in [6, 6.07) is 24.6. The number of fused-ring (bicyclic) bond motifs is 1. The van der Waals surface area contributed by atoms with Crippen LogP contribution in [0.15, 0.2) is 72.8 Å². The van der Waals surface area contributed by atoms with Crippen molar-refractivity contribution in [2.75, 3.05) is 0 Å². The lowest BCUT2D eigenvalue weighted by atomic mass is 10.2. The van der Waals surface area contributed by atoms with Crippen molar-refractivity contribution in [1.29, 1.82) is 0 Å². The zero-order valence-electron chi connectivity index (χ0n) is 14.5. The molecule has 1 aromatic heterocycles. The van der Waals surface area contributed by atoms with Gasteiger partial charge in [0.15, 0.2) is 11.0 Å². The molecule has 0 saturated carbocycles. The Morgan fingerprint density at radius 3 is 2.00 bits per heavy atom. The van der Waals surface area contributed by atoms with Crippen molar-refractivity contribution in [1.82, 2.24) is 4.57 Å². The zero-order valence-corrected chi connectivity index (χ0v) is 16.0. The van der Waals surface area contributed by atoms with Gasteiger partial charge in [-0.05, 0) is 47.5 Å². The van der Waals surface area contributed by atoms with Crippen molar-refractivity contribution in [2.45, 2.75) is 20.0 Å². The number of imidazole rings is 1. The fraction of sp³-hybridized carbons (Fsp3) is 0.136. The third-order valence-electron chi connectivity index (χ3n) is 4.75. The Morgan fingerprint density at radius 2 is 1.35 bits per heavy atom. The minimum Gasteiger partial charge on any atom is -0.223 e. The van der Waals surface area contributed by atoms with Crippen molar-refractivity contribution in [3.05, 3.63) is 99.8 Å². The molecule has 26 heavy (non-hydrogen) atoms. The van der Waals surface area contributed by atoms with E-state index in [0.29, 0.717) is 0 Å². The number of hydrogen-bond donors (Lipinski definition) is 0. The molecule has 4 heteroatoms. The molecule has 0 aliphatic heterocycles. The maximum atomic E-state index is 6.03. The van der Waals surface area contributed by atoms with E-state index in [-0.39, 0.29) is 0 Å². The molecular formula is C22H19Cl2N2+. The first-order valence-corrected chi connectivity index (χ1v) is 9.34. The van der Waals surface area contributed by atoms with Crippen LogP contribution in [0.3, 0.4) is 0 Å². The van der Waals surface area contributed by atoms with Crippen molar-refractivity contribution < 1.29 is 4.57 Å². The molecule has 3 aromatic carbocycles. The van der Waals surface area contributed by atoms with Gasteiger partial charge in [0.25, 0.3) is 5.82 Å². The minimum atomic E-state index is 0.764. The van der Waals surface area contributed by atoms with Crippen LogP contribution < -0.4 is 4.57 Å². The van der Waals surface area contributed by atoms with Gasteiger partial charge in [0, 0.05) is 17.0 Å². The van der Waals surface area contributed by atoms with Gasteiger partial charge >= 0.3 is 0 Å². The first-order chi connectivity index (χ1) is 12.6. The molecule has 0 N–H and O–H groups in total. The van der Waals surface area contributed by atoms with Gasteiger partial charge in [0.1, 0.15) is 13.1 Å². The summed E-state index contributed by atoms with van der Waals surface area (Å²) in [5, 5.41) is 1.53. The maximum absolute atomic E-state index is 6.03. The van der Waals surface area contributed by atoms with Crippen molar-refractivity contribution in [3.8, 4) is 0 Å². The monoisotopic (exact) mass is 381 g/mol. The fourth-order valence-electron chi connectivity index (χ4n) is 3.36. The van der Waals surface area contributed by atoms with Gasteiger partial charge in [-0.3, -0.25) is 0 Å². The molecule has 0 radical (unpaired) electrons. The third-order valence-corrected chi connectivity index (χ3v) is 5.26. The van der Waals surface area contributed by atoms with Gasteiger partial charge in [0.05, 0.1) is 0 Å². The highest BCUT2D eigenvalue weighted by molar-refractivity contribution is 6.30. The van der Waals surface area contributed by atoms with E-state index in [2.05, 4.69) is 64.6 Å². The van der Waals surface area contributed by atoms with E-state index in [1.165, 1.54) is 28.0 Å². The van der Waals surface area contributed by atoms with Crippen LogP contribution in [-0.2, 0) is 13.1 Å². The van der Waals surface area contributed by atoms with Gasteiger partial charge < -0.3 is 0 Å². The van der Waals surface area contributed by atoms with Crippen molar-refractivity contribution in [3.63, 3.8) is 0 Å². The van der Waals surface area contributed by atoms with Crippen LogP contribution >= 0.6 is 23.2 Å². The quantitative estimate of drug-likeness (QED) is 0.404. The molecule has 0 spiro atoms. The van der Waals surface area contributed by atoms with E-state index in [1.807, 2.05) is 24.3 Å². The zero-order chi connectivity index (χ0) is 18.1. The molecule has 0 amide bonds. The number of aromatic nitrogens is 2. The summed E-state index contributed by atoms with van der Waals surface area (Å²) in [6.07, 6.45) is 0. The summed E-state index contributed by atoms with van der Waals surface area (Å²) in [7, 11) is 0. The molecule has 0 aliphatic rings. The van der Waals surface area contributed by atoms with Gasteiger partial charge in [-0.15, -0.1) is 0 Å². The fourth-order valence-corrected chi connectivity index (χ4v) is 3.61. The van der Waals surface area contributed by atoms with Crippen LogP contribution in [0.5, 0.6) is 0 Å². The molecule has 130 valence electrons. The molecular weight excluding hydrogens is 363 g/mol. The number of nitrogens with zero attached hydrogens (tertiary/aromatic N) is 2. The second-order valence-electron chi connectivity index (χ2n) is 6.46. The average molecular weight is 382 g/mol. The van der Waals surface area contributed by atoms with Crippen LogP contribution in [0, 0.1) is 6.92 Å². The molecule has 0 bridgehead atoms. The minimum absolute atomic E-state index is 0.764. The number of hydrogen-bond acceptors (Lipinski definition) is 0. The van der Waals surface area contributed by atoms with Crippen LogP contribution in [0.2, 0.25) is 10.0 Å². The molecule has 1 heterocycles. The number of rotatable bonds is 4. The van der Waals surface area contributed by atoms with E-state index < -0.39 is 0 Å². The lowest BCUT2D eigenvalue weighted by Gasteiger charge is -2.03. The van der Waals surface area contributed by atoms with Crippen LogP contribution in [-0.4, -0.2) is 4.57 Å².